The Morgan fingerprint density at radius 2 is 1.95 bits per heavy atom. The van der Waals surface area contributed by atoms with Gasteiger partial charge in [0.15, 0.2) is 0 Å². The number of alkyl halides is 3. The van der Waals surface area contributed by atoms with E-state index in [1.165, 1.54) is 0 Å². The largest absolute Gasteiger partial charge is 0.406 e. The number of amides is 1. The average molecular weight is 310 g/mol. The number of carbonyl (C=O) groups excluding carboxylic acids is 1. The van der Waals surface area contributed by atoms with Crippen LogP contribution < -0.4 is 5.73 Å². The molecule has 2 unspecified atom stereocenters. The highest BCUT2D eigenvalue weighted by atomic mass is 19.4. The van der Waals surface area contributed by atoms with Crippen LogP contribution in [0.1, 0.15) is 40.5 Å². The van der Waals surface area contributed by atoms with Gasteiger partial charge in [0, 0.05) is 25.0 Å². The highest BCUT2D eigenvalue weighted by Gasteiger charge is 2.64. The lowest BCUT2D eigenvalue weighted by Gasteiger charge is -2.58. The molecule has 0 aromatic rings. The zero-order valence-corrected chi connectivity index (χ0v) is 13.1. The zero-order valence-electron chi connectivity index (χ0n) is 13.1. The minimum atomic E-state index is -4.42. The normalized spacial score (nSPS) is 28.1. The third-order valence-electron chi connectivity index (χ3n) is 4.36. The summed E-state index contributed by atoms with van der Waals surface area (Å²) < 4.78 is 43.4. The molecule has 1 fully saturated rings. The molecule has 124 valence electrons. The van der Waals surface area contributed by atoms with Crippen molar-refractivity contribution in [3.63, 3.8) is 0 Å². The third kappa shape index (κ3) is 3.51. The summed E-state index contributed by atoms with van der Waals surface area (Å²) >= 11 is 0. The summed E-state index contributed by atoms with van der Waals surface area (Å²) in [5.41, 5.74) is 4.18. The first-order valence-corrected chi connectivity index (χ1v) is 7.26. The number of nitrogens with two attached hydrogens (primary N) is 1. The molecule has 1 saturated carbocycles. The fourth-order valence-electron chi connectivity index (χ4n) is 2.82. The summed E-state index contributed by atoms with van der Waals surface area (Å²) in [7, 11) is 0. The molecular weight excluding hydrogens is 285 g/mol. The van der Waals surface area contributed by atoms with E-state index in [-0.39, 0.29) is 19.1 Å². The Morgan fingerprint density at radius 3 is 2.33 bits per heavy atom. The van der Waals surface area contributed by atoms with Crippen LogP contribution in [0.3, 0.4) is 0 Å². The minimum Gasteiger partial charge on any atom is -0.378 e. The second-order valence-corrected chi connectivity index (χ2v) is 6.18. The lowest BCUT2D eigenvalue weighted by Crippen LogP contribution is -2.76. The van der Waals surface area contributed by atoms with Crippen LogP contribution in [-0.2, 0) is 9.53 Å². The molecule has 0 bridgehead atoms. The summed E-state index contributed by atoms with van der Waals surface area (Å²) in [6.07, 6.45) is -3.92. The molecule has 0 saturated heterocycles. The van der Waals surface area contributed by atoms with E-state index in [2.05, 4.69) is 0 Å². The highest BCUT2D eigenvalue weighted by molar-refractivity contribution is 5.89. The number of hydrogen-bond donors (Lipinski definition) is 1. The van der Waals surface area contributed by atoms with Crippen LogP contribution >= 0.6 is 0 Å². The summed E-state index contributed by atoms with van der Waals surface area (Å²) in [5.74, 6) is -0.636. The SMILES string of the molecule is CCCN(CC(F)(F)F)C(=O)C1(N)CC(OCC)C1(C)C. The van der Waals surface area contributed by atoms with Gasteiger partial charge >= 0.3 is 6.18 Å². The van der Waals surface area contributed by atoms with E-state index in [0.717, 1.165) is 4.90 Å². The Kier molecular flexibility index (Phi) is 5.31. The van der Waals surface area contributed by atoms with Crippen LogP contribution in [0.25, 0.3) is 0 Å². The summed E-state index contributed by atoms with van der Waals surface area (Å²) in [6.45, 7) is 6.38. The van der Waals surface area contributed by atoms with E-state index in [9.17, 15) is 18.0 Å². The van der Waals surface area contributed by atoms with Crippen LogP contribution in [0.2, 0.25) is 0 Å². The van der Waals surface area contributed by atoms with Gasteiger partial charge in [-0.3, -0.25) is 4.79 Å². The van der Waals surface area contributed by atoms with Crippen LogP contribution in [0.5, 0.6) is 0 Å². The number of halogens is 3. The molecule has 2 N–H and O–H groups in total. The predicted molar refractivity (Wildman–Crippen MR) is 73.7 cm³/mol. The molecule has 0 spiro atoms. The van der Waals surface area contributed by atoms with Crippen molar-refractivity contribution in [3.8, 4) is 0 Å². The smallest absolute Gasteiger partial charge is 0.378 e. The van der Waals surface area contributed by atoms with Crippen LogP contribution in [0.15, 0.2) is 0 Å². The molecule has 7 heteroatoms. The van der Waals surface area contributed by atoms with E-state index in [1.54, 1.807) is 20.8 Å². The highest BCUT2D eigenvalue weighted by Crippen LogP contribution is 2.50. The van der Waals surface area contributed by atoms with Crippen molar-refractivity contribution in [2.45, 2.75) is 58.4 Å². The second-order valence-electron chi connectivity index (χ2n) is 6.18. The third-order valence-corrected chi connectivity index (χ3v) is 4.36. The van der Waals surface area contributed by atoms with E-state index in [0.29, 0.717) is 13.0 Å². The fourth-order valence-corrected chi connectivity index (χ4v) is 2.82. The molecule has 0 aromatic carbocycles. The van der Waals surface area contributed by atoms with E-state index in [1.807, 2.05) is 6.92 Å². The van der Waals surface area contributed by atoms with Crippen molar-refractivity contribution in [2.75, 3.05) is 19.7 Å². The number of hydrogen-bond acceptors (Lipinski definition) is 3. The van der Waals surface area contributed by atoms with Crippen molar-refractivity contribution < 1.29 is 22.7 Å². The lowest BCUT2D eigenvalue weighted by atomic mass is 9.54. The first-order valence-electron chi connectivity index (χ1n) is 7.26. The Hall–Kier alpha value is -0.820. The van der Waals surface area contributed by atoms with Crippen molar-refractivity contribution in [1.82, 2.24) is 4.90 Å². The number of nitrogens with zero attached hydrogens (tertiary/aromatic N) is 1. The first-order chi connectivity index (χ1) is 9.49. The molecular formula is C14H25F3N2O2. The number of ether oxygens (including phenoxy) is 1. The second kappa shape index (κ2) is 6.12. The minimum absolute atomic E-state index is 0.0483. The van der Waals surface area contributed by atoms with Gasteiger partial charge in [-0.05, 0) is 13.3 Å². The lowest BCUT2D eigenvalue weighted by molar-refractivity contribution is -0.190. The van der Waals surface area contributed by atoms with Crippen molar-refractivity contribution >= 4 is 5.91 Å². The van der Waals surface area contributed by atoms with Gasteiger partial charge in [-0.2, -0.15) is 13.2 Å². The van der Waals surface area contributed by atoms with Gasteiger partial charge in [-0.1, -0.05) is 20.8 Å². The molecule has 2 atom stereocenters. The molecule has 1 aliphatic rings. The maximum atomic E-state index is 12.6. The van der Waals surface area contributed by atoms with Gasteiger partial charge in [0.2, 0.25) is 5.91 Å². The van der Waals surface area contributed by atoms with Gasteiger partial charge in [0.1, 0.15) is 12.1 Å². The maximum Gasteiger partial charge on any atom is 0.406 e. The van der Waals surface area contributed by atoms with Crippen molar-refractivity contribution in [2.24, 2.45) is 11.1 Å². The molecule has 0 aromatic heterocycles. The number of rotatable bonds is 6. The molecule has 0 heterocycles. The monoisotopic (exact) mass is 310 g/mol. The summed E-state index contributed by atoms with van der Waals surface area (Å²) in [5, 5.41) is 0. The average Bonchev–Trinajstić information content (AvgIpc) is 2.35. The Balaban J connectivity index is 2.89. The van der Waals surface area contributed by atoms with Gasteiger partial charge in [-0.15, -0.1) is 0 Å². The molecule has 1 rings (SSSR count). The quantitative estimate of drug-likeness (QED) is 0.819. The first kappa shape index (κ1) is 18.2. The summed E-state index contributed by atoms with van der Waals surface area (Å²) in [6, 6.07) is 0. The Labute approximate surface area is 123 Å². The number of carbonyl (C=O) groups is 1. The van der Waals surface area contributed by atoms with E-state index < -0.39 is 29.6 Å². The maximum absolute atomic E-state index is 12.6. The van der Waals surface area contributed by atoms with Gasteiger partial charge in [-0.25, -0.2) is 0 Å². The summed E-state index contributed by atoms with van der Waals surface area (Å²) in [4.78, 5) is 13.3. The standard InChI is InChI=1S/C14H25F3N2O2/c1-5-7-19(9-14(15,16)17)11(20)13(18)8-10(21-6-2)12(13,3)4/h10H,5-9,18H2,1-4H3. The molecule has 1 amide bonds. The van der Waals surface area contributed by atoms with E-state index >= 15 is 0 Å². The Morgan fingerprint density at radius 1 is 1.38 bits per heavy atom. The van der Waals surface area contributed by atoms with Gasteiger partial charge in [0.05, 0.1) is 6.10 Å². The fraction of sp³-hybridized carbons (Fsp3) is 0.929. The molecule has 1 aliphatic carbocycles. The molecule has 0 radical (unpaired) electrons. The predicted octanol–water partition coefficient (Wildman–Crippen LogP) is 2.32. The van der Waals surface area contributed by atoms with Gasteiger partial charge < -0.3 is 15.4 Å². The Bertz CT molecular complexity index is 385. The van der Waals surface area contributed by atoms with Crippen LogP contribution in [0, 0.1) is 5.41 Å². The molecule has 21 heavy (non-hydrogen) atoms. The van der Waals surface area contributed by atoms with Gasteiger partial charge in [0.25, 0.3) is 0 Å². The van der Waals surface area contributed by atoms with Crippen molar-refractivity contribution in [3.05, 3.63) is 0 Å². The topological polar surface area (TPSA) is 55.6 Å². The van der Waals surface area contributed by atoms with Crippen LogP contribution in [-0.4, -0.2) is 48.3 Å². The zero-order chi connectivity index (χ0) is 16.5. The molecule has 0 aliphatic heterocycles. The van der Waals surface area contributed by atoms with E-state index in [4.69, 9.17) is 10.5 Å². The van der Waals surface area contributed by atoms with Crippen LogP contribution in [0.4, 0.5) is 13.2 Å². The molecule has 4 nitrogen and oxygen atoms in total. The van der Waals surface area contributed by atoms with Crippen molar-refractivity contribution in [1.29, 1.82) is 0 Å².